The van der Waals surface area contributed by atoms with Gasteiger partial charge in [-0.25, -0.2) is 4.99 Å². The molecule has 16 heavy (non-hydrogen) atoms. The second-order valence-electron chi connectivity index (χ2n) is 4.07. The molecule has 1 aliphatic carbocycles. The van der Waals surface area contributed by atoms with Crippen molar-refractivity contribution in [1.29, 1.82) is 0 Å². The van der Waals surface area contributed by atoms with E-state index in [2.05, 4.69) is 25.7 Å². The van der Waals surface area contributed by atoms with Gasteiger partial charge in [-0.3, -0.25) is 0 Å². The van der Waals surface area contributed by atoms with Crippen LogP contribution in [0.2, 0.25) is 0 Å². The van der Waals surface area contributed by atoms with E-state index in [1.165, 1.54) is 24.1 Å². The maximum Gasteiger partial charge on any atom is 0.196 e. The lowest BCUT2D eigenvalue weighted by atomic mass is 9.85. The lowest BCUT2D eigenvalue weighted by Gasteiger charge is -2.25. The molecule has 1 saturated carbocycles. The monoisotopic (exact) mass is 223 g/mol. The molecule has 88 valence electrons. The Labute approximate surface area is 94.1 Å². The van der Waals surface area contributed by atoms with Gasteiger partial charge in [-0.05, 0) is 24.0 Å². The van der Waals surface area contributed by atoms with Crippen LogP contribution in [0.3, 0.4) is 0 Å². The molecule has 0 spiro atoms. The van der Waals surface area contributed by atoms with Crippen molar-refractivity contribution in [3.63, 3.8) is 0 Å². The molecule has 7 nitrogen and oxygen atoms in total. The fourth-order valence-corrected chi connectivity index (χ4v) is 1.54. The Kier molecular flexibility index (Phi) is 3.33. The van der Waals surface area contributed by atoms with Crippen LogP contribution < -0.4 is 11.1 Å². The van der Waals surface area contributed by atoms with Crippen molar-refractivity contribution >= 4 is 5.96 Å². The van der Waals surface area contributed by atoms with E-state index in [0.717, 1.165) is 12.5 Å². The highest BCUT2D eigenvalue weighted by molar-refractivity contribution is 5.77. The lowest BCUT2D eigenvalue weighted by Crippen LogP contribution is -2.37. The van der Waals surface area contributed by atoms with E-state index in [4.69, 9.17) is 5.73 Å². The Morgan fingerprint density at radius 1 is 1.62 bits per heavy atom. The minimum absolute atomic E-state index is 0.372. The van der Waals surface area contributed by atoms with Crippen molar-refractivity contribution in [2.24, 2.45) is 23.7 Å². The molecule has 0 radical (unpaired) electrons. The number of nitrogens with one attached hydrogen (secondary N) is 1. The van der Waals surface area contributed by atoms with Gasteiger partial charge in [0.2, 0.25) is 0 Å². The lowest BCUT2D eigenvalue weighted by molar-refractivity contribution is 0.315. The summed E-state index contributed by atoms with van der Waals surface area (Å²) in [4.78, 5) is 5.55. The third kappa shape index (κ3) is 2.91. The van der Waals surface area contributed by atoms with E-state index in [9.17, 15) is 0 Å². The average Bonchev–Trinajstić information content (AvgIpc) is 2.59. The number of nitrogens with two attached hydrogens (primary N) is 1. The van der Waals surface area contributed by atoms with Gasteiger partial charge in [0.25, 0.3) is 0 Å². The molecule has 0 aliphatic heterocycles. The molecular formula is C9H17N7. The fraction of sp³-hybridized carbons (Fsp3) is 0.778. The van der Waals surface area contributed by atoms with Gasteiger partial charge in [0.1, 0.15) is 6.54 Å². The van der Waals surface area contributed by atoms with Crippen molar-refractivity contribution in [3.05, 3.63) is 5.82 Å². The van der Waals surface area contributed by atoms with Gasteiger partial charge in [0, 0.05) is 6.54 Å². The van der Waals surface area contributed by atoms with Crippen molar-refractivity contribution < 1.29 is 0 Å². The van der Waals surface area contributed by atoms with Crippen molar-refractivity contribution in [3.8, 4) is 0 Å². The van der Waals surface area contributed by atoms with Gasteiger partial charge in [-0.1, -0.05) is 6.42 Å². The predicted molar refractivity (Wildman–Crippen MR) is 59.5 cm³/mol. The average molecular weight is 223 g/mol. The summed E-state index contributed by atoms with van der Waals surface area (Å²) >= 11 is 0. The van der Waals surface area contributed by atoms with Crippen LogP contribution in [-0.4, -0.2) is 32.7 Å². The Bertz CT molecular complexity index is 366. The maximum absolute atomic E-state index is 5.71. The van der Waals surface area contributed by atoms with E-state index in [-0.39, 0.29) is 0 Å². The largest absolute Gasteiger partial charge is 0.370 e. The molecular weight excluding hydrogens is 206 g/mol. The smallest absolute Gasteiger partial charge is 0.196 e. The number of aliphatic imine (C=N–C) groups is 1. The molecule has 0 bridgehead atoms. The number of nitrogens with zero attached hydrogens (tertiary/aromatic N) is 5. The number of hydrogen-bond acceptors (Lipinski definition) is 4. The van der Waals surface area contributed by atoms with Crippen LogP contribution in [-0.2, 0) is 13.6 Å². The highest BCUT2D eigenvalue weighted by atomic mass is 15.6. The van der Waals surface area contributed by atoms with Crippen molar-refractivity contribution in [1.82, 2.24) is 25.5 Å². The van der Waals surface area contributed by atoms with Crippen LogP contribution in [0.4, 0.5) is 0 Å². The fourth-order valence-electron chi connectivity index (χ4n) is 1.54. The van der Waals surface area contributed by atoms with Crippen molar-refractivity contribution in [2.75, 3.05) is 6.54 Å². The summed E-state index contributed by atoms with van der Waals surface area (Å²) in [5.41, 5.74) is 5.71. The normalized spacial score (nSPS) is 17.2. The number of aromatic nitrogens is 4. The summed E-state index contributed by atoms with van der Waals surface area (Å²) in [5.74, 6) is 1.80. The Morgan fingerprint density at radius 3 is 3.00 bits per heavy atom. The third-order valence-corrected chi connectivity index (χ3v) is 2.74. The molecule has 1 aromatic rings. The van der Waals surface area contributed by atoms with Crippen LogP contribution in [0, 0.1) is 5.92 Å². The molecule has 0 aromatic carbocycles. The topological polar surface area (TPSA) is 94.0 Å². The number of tetrazole rings is 1. The summed E-state index contributed by atoms with van der Waals surface area (Å²) in [6, 6.07) is 0. The minimum atomic E-state index is 0.372. The number of rotatable bonds is 4. The highest BCUT2D eigenvalue weighted by Crippen LogP contribution is 2.24. The third-order valence-electron chi connectivity index (χ3n) is 2.74. The first-order valence-electron chi connectivity index (χ1n) is 5.50. The molecule has 0 amide bonds. The number of aryl methyl sites for hydroxylation is 1. The summed E-state index contributed by atoms with van der Waals surface area (Å²) in [6.07, 6.45) is 3.94. The van der Waals surface area contributed by atoms with E-state index < -0.39 is 0 Å². The van der Waals surface area contributed by atoms with E-state index in [1.54, 1.807) is 7.05 Å². The molecule has 3 N–H and O–H groups in total. The van der Waals surface area contributed by atoms with Gasteiger partial charge >= 0.3 is 0 Å². The maximum atomic E-state index is 5.71. The first-order valence-corrected chi connectivity index (χ1v) is 5.50. The summed E-state index contributed by atoms with van der Waals surface area (Å²) in [6.45, 7) is 1.29. The Hall–Kier alpha value is -1.66. The van der Waals surface area contributed by atoms with E-state index in [0.29, 0.717) is 18.3 Å². The summed E-state index contributed by atoms with van der Waals surface area (Å²) < 4.78 is 0. The molecule has 0 saturated heterocycles. The van der Waals surface area contributed by atoms with Crippen LogP contribution in [0.25, 0.3) is 0 Å². The zero-order valence-electron chi connectivity index (χ0n) is 9.43. The van der Waals surface area contributed by atoms with Crippen LogP contribution >= 0.6 is 0 Å². The molecule has 2 rings (SSSR count). The van der Waals surface area contributed by atoms with Crippen LogP contribution in [0.15, 0.2) is 4.99 Å². The highest BCUT2D eigenvalue weighted by Gasteiger charge is 2.16. The van der Waals surface area contributed by atoms with Crippen LogP contribution in [0.1, 0.15) is 25.1 Å². The van der Waals surface area contributed by atoms with E-state index in [1.807, 2.05) is 0 Å². The van der Waals surface area contributed by atoms with Crippen molar-refractivity contribution in [2.45, 2.75) is 25.8 Å². The minimum Gasteiger partial charge on any atom is -0.370 e. The molecule has 1 heterocycles. The first kappa shape index (κ1) is 10.8. The van der Waals surface area contributed by atoms with Gasteiger partial charge in [-0.2, -0.15) is 4.80 Å². The van der Waals surface area contributed by atoms with Gasteiger partial charge in [0.15, 0.2) is 11.8 Å². The number of hydrogen-bond donors (Lipinski definition) is 2. The second kappa shape index (κ2) is 4.91. The molecule has 1 aromatic heterocycles. The van der Waals surface area contributed by atoms with Gasteiger partial charge in [0.05, 0.1) is 7.05 Å². The summed E-state index contributed by atoms with van der Waals surface area (Å²) in [7, 11) is 1.72. The molecule has 7 heteroatoms. The summed E-state index contributed by atoms with van der Waals surface area (Å²) in [5, 5.41) is 14.7. The quantitative estimate of drug-likeness (QED) is 0.526. The second-order valence-corrected chi connectivity index (χ2v) is 4.07. The number of guanidine groups is 1. The zero-order valence-corrected chi connectivity index (χ0v) is 9.43. The molecule has 0 unspecified atom stereocenters. The molecule has 0 atom stereocenters. The van der Waals surface area contributed by atoms with E-state index >= 15 is 0 Å². The Balaban J connectivity index is 1.73. The van der Waals surface area contributed by atoms with Gasteiger partial charge in [-0.15, -0.1) is 10.2 Å². The SMILES string of the molecule is Cn1nnc(CN=C(N)NCC2CCC2)n1. The predicted octanol–water partition coefficient (Wildman–Crippen LogP) is -0.585. The molecule has 1 fully saturated rings. The standard InChI is InChI=1S/C9H17N7/c1-16-14-8(13-15-16)6-12-9(10)11-5-7-3-2-4-7/h7H,2-6H2,1H3,(H3,10,11,12). The van der Waals surface area contributed by atoms with Gasteiger partial charge < -0.3 is 11.1 Å². The van der Waals surface area contributed by atoms with Crippen LogP contribution in [0.5, 0.6) is 0 Å². The first-order chi connectivity index (χ1) is 7.74. The Morgan fingerprint density at radius 2 is 2.44 bits per heavy atom. The molecule has 1 aliphatic rings. The zero-order chi connectivity index (χ0) is 11.4.